The topological polar surface area (TPSA) is 91.7 Å². The molecule has 0 radical (unpaired) electrons. The molecule has 1 aliphatic rings. The third-order valence-corrected chi connectivity index (χ3v) is 2.73. The van der Waals surface area contributed by atoms with Gasteiger partial charge in [-0.25, -0.2) is 19.7 Å². The summed E-state index contributed by atoms with van der Waals surface area (Å²) < 4.78 is 5.31. The van der Waals surface area contributed by atoms with Crippen LogP contribution in [0.1, 0.15) is 20.8 Å². The van der Waals surface area contributed by atoms with Crippen molar-refractivity contribution >= 4 is 12.0 Å². The van der Waals surface area contributed by atoms with Crippen LogP contribution in [-0.4, -0.2) is 56.3 Å². The zero-order valence-electron chi connectivity index (χ0n) is 12.4. The number of carbonyl (C=O) groups is 1. The van der Waals surface area contributed by atoms with Gasteiger partial charge in [0.25, 0.3) is 0 Å². The van der Waals surface area contributed by atoms with Crippen molar-refractivity contribution < 1.29 is 14.6 Å². The summed E-state index contributed by atoms with van der Waals surface area (Å²) in [4.78, 5) is 27.1. The maximum absolute atomic E-state index is 12.0. The second kappa shape index (κ2) is 6.04. The van der Waals surface area contributed by atoms with E-state index in [0.29, 0.717) is 24.7 Å². The number of carbonyl (C=O) groups excluding carboxylic acids is 1. The Balaban J connectivity index is 2.16. The summed E-state index contributed by atoms with van der Waals surface area (Å²) in [6.45, 7) is 6.08. The Bertz CT molecular complexity index is 526. The van der Waals surface area contributed by atoms with Crippen LogP contribution >= 0.6 is 0 Å². The molecule has 1 N–H and O–H groups in total. The Morgan fingerprint density at radius 1 is 1.33 bits per heavy atom. The van der Waals surface area contributed by atoms with Crippen LogP contribution in [0.2, 0.25) is 0 Å². The number of rotatable bonds is 2. The molecule has 0 saturated carbocycles. The summed E-state index contributed by atoms with van der Waals surface area (Å²) in [7, 11) is 0. The summed E-state index contributed by atoms with van der Waals surface area (Å²) in [6.07, 6.45) is 3.89. The van der Waals surface area contributed by atoms with Crippen LogP contribution in [-0.2, 0) is 4.74 Å². The van der Waals surface area contributed by atoms with E-state index in [2.05, 4.69) is 15.0 Å². The maximum atomic E-state index is 12.0. The predicted octanol–water partition coefficient (Wildman–Crippen LogP) is 0.762. The highest BCUT2D eigenvalue weighted by Crippen LogP contribution is 2.19. The van der Waals surface area contributed by atoms with E-state index in [0.717, 1.165) is 0 Å². The van der Waals surface area contributed by atoms with Crippen LogP contribution in [0, 0.1) is 0 Å². The molecule has 0 atom stereocenters. The molecule has 0 aromatic carbocycles. The van der Waals surface area contributed by atoms with Gasteiger partial charge in [0.15, 0.2) is 0 Å². The molecule has 0 aliphatic carbocycles. The third kappa shape index (κ3) is 3.88. The second-order valence-electron chi connectivity index (χ2n) is 5.54. The lowest BCUT2D eigenvalue weighted by Gasteiger charge is -2.34. The quantitative estimate of drug-likeness (QED) is 0.860. The summed E-state index contributed by atoms with van der Waals surface area (Å²) in [5.74, 6) is 0.439. The molecular formula is C13H19N5O3. The molecular weight excluding hydrogens is 274 g/mol. The minimum Gasteiger partial charge on any atom is -0.443 e. The van der Waals surface area contributed by atoms with Gasteiger partial charge in [0.2, 0.25) is 5.95 Å². The van der Waals surface area contributed by atoms with E-state index in [4.69, 9.17) is 4.74 Å². The monoisotopic (exact) mass is 293 g/mol. The average Bonchev–Trinajstić information content (AvgIpc) is 2.45. The molecule has 2 rings (SSSR count). The van der Waals surface area contributed by atoms with Gasteiger partial charge in [-0.3, -0.25) is 4.90 Å². The Labute approximate surface area is 123 Å². The van der Waals surface area contributed by atoms with Gasteiger partial charge in [-0.15, -0.1) is 0 Å². The number of anilines is 1. The minimum absolute atomic E-state index is 0.231. The molecule has 0 saturated heterocycles. The highest BCUT2D eigenvalue weighted by molar-refractivity contribution is 5.70. The Kier molecular flexibility index (Phi) is 4.37. The normalized spacial score (nSPS) is 15.7. The molecule has 1 aliphatic heterocycles. The van der Waals surface area contributed by atoms with Gasteiger partial charge in [-0.05, 0) is 20.8 Å². The molecule has 8 nitrogen and oxygen atoms in total. The number of aliphatic hydroxyl groups is 1. The Morgan fingerprint density at radius 3 is 2.57 bits per heavy atom. The largest absolute Gasteiger partial charge is 0.443 e. The Morgan fingerprint density at radius 2 is 2.00 bits per heavy atom. The van der Waals surface area contributed by atoms with Crippen LogP contribution in [0.15, 0.2) is 24.6 Å². The van der Waals surface area contributed by atoms with E-state index < -0.39 is 11.7 Å². The van der Waals surface area contributed by atoms with Gasteiger partial charge >= 0.3 is 6.09 Å². The van der Waals surface area contributed by atoms with E-state index in [1.807, 2.05) is 20.8 Å². The van der Waals surface area contributed by atoms with Crippen LogP contribution in [0.25, 0.3) is 0 Å². The van der Waals surface area contributed by atoms with Crippen molar-refractivity contribution in [3.8, 4) is 0 Å². The lowest BCUT2D eigenvalue weighted by Crippen LogP contribution is -2.44. The van der Waals surface area contributed by atoms with E-state index in [1.165, 1.54) is 17.6 Å². The summed E-state index contributed by atoms with van der Waals surface area (Å²) in [5, 5.41) is 9.49. The van der Waals surface area contributed by atoms with Gasteiger partial charge in [0.05, 0.1) is 12.3 Å². The summed E-state index contributed by atoms with van der Waals surface area (Å²) in [6, 6.07) is 0. The molecule has 0 fully saturated rings. The van der Waals surface area contributed by atoms with E-state index in [9.17, 15) is 9.90 Å². The number of ether oxygens (including phenoxy) is 1. The highest BCUT2D eigenvalue weighted by Gasteiger charge is 2.27. The highest BCUT2D eigenvalue weighted by atomic mass is 16.6. The van der Waals surface area contributed by atoms with Crippen LogP contribution in [0.4, 0.5) is 10.7 Å². The molecule has 8 heteroatoms. The van der Waals surface area contributed by atoms with Gasteiger partial charge in [-0.2, -0.15) is 0 Å². The van der Waals surface area contributed by atoms with E-state index in [-0.39, 0.29) is 6.61 Å². The smallest absolute Gasteiger partial charge is 0.414 e. The number of hydrogen-bond acceptors (Lipinski definition) is 7. The van der Waals surface area contributed by atoms with Gasteiger partial charge < -0.3 is 14.7 Å². The zero-order valence-corrected chi connectivity index (χ0v) is 12.4. The first-order chi connectivity index (χ1) is 9.90. The third-order valence-electron chi connectivity index (χ3n) is 2.73. The lowest BCUT2D eigenvalue weighted by molar-refractivity contribution is 0.0329. The summed E-state index contributed by atoms with van der Waals surface area (Å²) in [5.41, 5.74) is -0.0337. The van der Waals surface area contributed by atoms with Gasteiger partial charge in [-0.1, -0.05) is 0 Å². The zero-order chi connectivity index (χ0) is 15.5. The molecule has 0 unspecified atom stereocenters. The van der Waals surface area contributed by atoms with Crippen molar-refractivity contribution in [1.82, 2.24) is 19.9 Å². The van der Waals surface area contributed by atoms with Crippen LogP contribution in [0.5, 0.6) is 0 Å². The number of hydrogen-bond donors (Lipinski definition) is 1. The summed E-state index contributed by atoms with van der Waals surface area (Å²) >= 11 is 0. The number of aliphatic hydroxyl groups excluding tert-OH is 1. The van der Waals surface area contributed by atoms with Crippen molar-refractivity contribution in [1.29, 1.82) is 0 Å². The molecule has 1 aromatic heterocycles. The second-order valence-corrected chi connectivity index (χ2v) is 5.54. The van der Waals surface area contributed by atoms with Gasteiger partial charge in [0, 0.05) is 19.3 Å². The maximum Gasteiger partial charge on any atom is 0.414 e. The van der Waals surface area contributed by atoms with Crippen LogP contribution in [0.3, 0.4) is 0 Å². The fourth-order valence-electron chi connectivity index (χ4n) is 1.86. The SMILES string of the molecule is CC(C)(C)OC(=O)N1C=C(CO)N(c2ncncn2)CC1. The lowest BCUT2D eigenvalue weighted by atomic mass is 10.2. The molecule has 1 amide bonds. The average molecular weight is 293 g/mol. The molecule has 114 valence electrons. The van der Waals surface area contributed by atoms with Crippen molar-refractivity contribution in [2.45, 2.75) is 26.4 Å². The number of nitrogens with zero attached hydrogens (tertiary/aromatic N) is 5. The van der Waals surface area contributed by atoms with E-state index >= 15 is 0 Å². The number of amides is 1. The van der Waals surface area contributed by atoms with Gasteiger partial charge in [0.1, 0.15) is 18.3 Å². The van der Waals surface area contributed by atoms with Crippen molar-refractivity contribution in [2.75, 3.05) is 24.6 Å². The minimum atomic E-state index is -0.560. The molecule has 0 spiro atoms. The fraction of sp³-hybridized carbons (Fsp3) is 0.538. The first-order valence-corrected chi connectivity index (χ1v) is 6.61. The predicted molar refractivity (Wildman–Crippen MR) is 75.3 cm³/mol. The standard InChI is InChI=1S/C13H19N5O3/c1-13(2,3)21-12(20)17-4-5-18(10(6-17)7-19)11-15-8-14-9-16-11/h6,8-9,19H,4-5,7H2,1-3H3. The molecule has 2 heterocycles. The van der Waals surface area contributed by atoms with Crippen molar-refractivity contribution in [2.24, 2.45) is 0 Å². The first kappa shape index (κ1) is 15.2. The number of aromatic nitrogens is 3. The molecule has 0 bridgehead atoms. The van der Waals surface area contributed by atoms with Crippen LogP contribution < -0.4 is 4.90 Å². The fourth-order valence-corrected chi connectivity index (χ4v) is 1.86. The first-order valence-electron chi connectivity index (χ1n) is 6.61. The van der Waals surface area contributed by atoms with E-state index in [1.54, 1.807) is 11.1 Å². The Hall–Kier alpha value is -2.22. The molecule has 21 heavy (non-hydrogen) atoms. The van der Waals surface area contributed by atoms with Crippen molar-refractivity contribution in [3.63, 3.8) is 0 Å². The van der Waals surface area contributed by atoms with Crippen molar-refractivity contribution in [3.05, 3.63) is 24.6 Å². The molecule has 1 aromatic rings.